The number of carbonyl (C=O) groups is 2. The molecule has 0 saturated heterocycles. The van der Waals surface area contributed by atoms with E-state index in [1.165, 1.54) is 13.0 Å². The zero-order valence-corrected chi connectivity index (χ0v) is 12.8. The van der Waals surface area contributed by atoms with Crippen molar-refractivity contribution in [2.24, 2.45) is 0 Å². The Balaban J connectivity index is 2.15. The molecule has 6 heteroatoms. The summed E-state index contributed by atoms with van der Waals surface area (Å²) in [4.78, 5) is 24.1. The molecule has 0 amide bonds. The minimum atomic E-state index is -4.57. The van der Waals surface area contributed by atoms with Crippen molar-refractivity contribution in [3.63, 3.8) is 0 Å². The summed E-state index contributed by atoms with van der Waals surface area (Å²) in [6.45, 7) is -0.191. The summed E-state index contributed by atoms with van der Waals surface area (Å²) >= 11 is 0. The molecule has 0 aliphatic heterocycles. The van der Waals surface area contributed by atoms with E-state index in [-0.39, 0.29) is 5.78 Å². The SMILES string of the molecule is C[C@@H](C(=O)OCC(F)(F)F)c1cccc(C(=O)c2ccccc2)c1. The first-order valence-corrected chi connectivity index (χ1v) is 7.21. The molecule has 2 aromatic rings. The van der Waals surface area contributed by atoms with Crippen LogP contribution in [0.1, 0.15) is 34.3 Å². The maximum absolute atomic E-state index is 12.4. The van der Waals surface area contributed by atoms with E-state index in [2.05, 4.69) is 4.74 Å². The molecule has 2 aromatic carbocycles. The Bertz CT molecular complexity index is 724. The Morgan fingerprint density at radius 1 is 1.00 bits per heavy atom. The molecule has 0 fully saturated rings. The van der Waals surface area contributed by atoms with Crippen molar-refractivity contribution < 1.29 is 27.5 Å². The van der Waals surface area contributed by atoms with Gasteiger partial charge in [-0.3, -0.25) is 9.59 Å². The lowest BCUT2D eigenvalue weighted by atomic mass is 9.96. The number of halogens is 3. The maximum atomic E-state index is 12.4. The van der Waals surface area contributed by atoms with Crippen molar-refractivity contribution in [3.05, 3.63) is 71.3 Å². The fourth-order valence-corrected chi connectivity index (χ4v) is 2.12. The van der Waals surface area contributed by atoms with Gasteiger partial charge in [-0.25, -0.2) is 0 Å². The molecule has 0 saturated carbocycles. The minimum absolute atomic E-state index is 0.228. The van der Waals surface area contributed by atoms with E-state index in [9.17, 15) is 22.8 Å². The molecule has 126 valence electrons. The second kappa shape index (κ2) is 7.29. The van der Waals surface area contributed by atoms with Gasteiger partial charge in [-0.05, 0) is 18.6 Å². The monoisotopic (exact) mass is 336 g/mol. The first-order valence-electron chi connectivity index (χ1n) is 7.21. The van der Waals surface area contributed by atoms with Crippen molar-refractivity contribution in [2.45, 2.75) is 19.0 Å². The molecule has 3 nitrogen and oxygen atoms in total. The Morgan fingerprint density at radius 3 is 2.25 bits per heavy atom. The van der Waals surface area contributed by atoms with E-state index in [1.54, 1.807) is 48.5 Å². The van der Waals surface area contributed by atoms with E-state index in [0.717, 1.165) is 0 Å². The first-order chi connectivity index (χ1) is 11.3. The lowest BCUT2D eigenvalue weighted by Gasteiger charge is -2.14. The van der Waals surface area contributed by atoms with Crippen molar-refractivity contribution in [2.75, 3.05) is 6.61 Å². The zero-order chi connectivity index (χ0) is 17.7. The second-order valence-corrected chi connectivity index (χ2v) is 5.27. The molecular weight excluding hydrogens is 321 g/mol. The largest absolute Gasteiger partial charge is 0.456 e. The highest BCUT2D eigenvalue weighted by atomic mass is 19.4. The number of hydrogen-bond donors (Lipinski definition) is 0. The van der Waals surface area contributed by atoms with Gasteiger partial charge in [-0.15, -0.1) is 0 Å². The van der Waals surface area contributed by atoms with Crippen LogP contribution in [-0.4, -0.2) is 24.5 Å². The molecule has 0 heterocycles. The van der Waals surface area contributed by atoms with Crippen molar-refractivity contribution in [1.82, 2.24) is 0 Å². The van der Waals surface area contributed by atoms with E-state index in [0.29, 0.717) is 16.7 Å². The van der Waals surface area contributed by atoms with Crippen LogP contribution >= 0.6 is 0 Å². The van der Waals surface area contributed by atoms with Gasteiger partial charge in [-0.1, -0.05) is 48.5 Å². The highest BCUT2D eigenvalue weighted by Crippen LogP contribution is 2.22. The van der Waals surface area contributed by atoms with E-state index in [1.807, 2.05) is 0 Å². The van der Waals surface area contributed by atoms with Gasteiger partial charge in [0.25, 0.3) is 0 Å². The molecule has 0 spiro atoms. The molecule has 2 rings (SSSR count). The smallest absolute Gasteiger partial charge is 0.422 e. The summed E-state index contributed by atoms with van der Waals surface area (Å²) in [6.07, 6.45) is -4.57. The quantitative estimate of drug-likeness (QED) is 0.609. The predicted molar refractivity (Wildman–Crippen MR) is 81.7 cm³/mol. The van der Waals surface area contributed by atoms with Crippen molar-refractivity contribution >= 4 is 11.8 Å². The van der Waals surface area contributed by atoms with Crippen LogP contribution in [0.3, 0.4) is 0 Å². The van der Waals surface area contributed by atoms with E-state index < -0.39 is 24.7 Å². The summed E-state index contributed by atoms with van der Waals surface area (Å²) in [5, 5.41) is 0. The average molecular weight is 336 g/mol. The molecule has 1 atom stereocenters. The molecule has 0 unspecified atom stereocenters. The van der Waals surface area contributed by atoms with E-state index >= 15 is 0 Å². The summed E-state index contributed by atoms with van der Waals surface area (Å²) in [7, 11) is 0. The Labute approximate surface area is 137 Å². The number of alkyl halides is 3. The number of esters is 1. The van der Waals surface area contributed by atoms with Crippen LogP contribution in [0.15, 0.2) is 54.6 Å². The van der Waals surface area contributed by atoms with Gasteiger partial charge in [0.05, 0.1) is 5.92 Å². The highest BCUT2D eigenvalue weighted by molar-refractivity contribution is 6.09. The summed E-state index contributed by atoms with van der Waals surface area (Å²) in [5.41, 5.74) is 1.26. The molecule has 0 aliphatic rings. The van der Waals surface area contributed by atoms with Gasteiger partial charge in [-0.2, -0.15) is 13.2 Å². The van der Waals surface area contributed by atoms with Crippen molar-refractivity contribution in [3.8, 4) is 0 Å². The third kappa shape index (κ3) is 4.68. The van der Waals surface area contributed by atoms with Gasteiger partial charge in [0.2, 0.25) is 0 Å². The predicted octanol–water partition coefficient (Wildman–Crippen LogP) is 4.13. The molecule has 0 aromatic heterocycles. The number of benzene rings is 2. The number of hydrogen-bond acceptors (Lipinski definition) is 3. The zero-order valence-electron chi connectivity index (χ0n) is 12.8. The maximum Gasteiger partial charge on any atom is 0.422 e. The first kappa shape index (κ1) is 17.7. The minimum Gasteiger partial charge on any atom is -0.456 e. The molecule has 0 N–H and O–H groups in total. The van der Waals surface area contributed by atoms with Crippen LogP contribution < -0.4 is 0 Å². The van der Waals surface area contributed by atoms with Crippen LogP contribution in [0.5, 0.6) is 0 Å². The van der Waals surface area contributed by atoms with Crippen LogP contribution in [0, 0.1) is 0 Å². The lowest BCUT2D eigenvalue weighted by Crippen LogP contribution is -2.23. The van der Waals surface area contributed by atoms with Crippen LogP contribution in [0.2, 0.25) is 0 Å². The van der Waals surface area contributed by atoms with Crippen LogP contribution in [-0.2, 0) is 9.53 Å². The highest BCUT2D eigenvalue weighted by Gasteiger charge is 2.31. The Hall–Kier alpha value is -2.63. The summed E-state index contributed by atoms with van der Waals surface area (Å²) < 4.78 is 40.6. The third-order valence-electron chi connectivity index (χ3n) is 3.42. The van der Waals surface area contributed by atoms with Gasteiger partial charge in [0, 0.05) is 11.1 Å². The standard InChI is InChI=1S/C18H15F3O3/c1-12(17(23)24-11-18(19,20)21)14-8-5-9-15(10-14)16(22)13-6-3-2-4-7-13/h2-10,12H,11H2,1H3/t12-/m1/s1. The van der Waals surface area contributed by atoms with Crippen LogP contribution in [0.4, 0.5) is 13.2 Å². The molecule has 0 aliphatic carbocycles. The number of rotatable bonds is 5. The van der Waals surface area contributed by atoms with E-state index in [4.69, 9.17) is 0 Å². The topological polar surface area (TPSA) is 43.4 Å². The fraction of sp³-hybridized carbons (Fsp3) is 0.222. The third-order valence-corrected chi connectivity index (χ3v) is 3.42. The number of carbonyl (C=O) groups excluding carboxylic acids is 2. The van der Waals surface area contributed by atoms with Crippen molar-refractivity contribution in [1.29, 1.82) is 0 Å². The summed E-state index contributed by atoms with van der Waals surface area (Å²) in [6, 6.07) is 14.8. The lowest BCUT2D eigenvalue weighted by molar-refractivity contribution is -0.187. The molecular formula is C18H15F3O3. The average Bonchev–Trinajstić information content (AvgIpc) is 2.58. The van der Waals surface area contributed by atoms with Gasteiger partial charge < -0.3 is 4.74 Å². The van der Waals surface area contributed by atoms with Crippen LogP contribution in [0.25, 0.3) is 0 Å². The van der Waals surface area contributed by atoms with Gasteiger partial charge in [0.1, 0.15) is 0 Å². The Morgan fingerprint density at radius 2 is 1.62 bits per heavy atom. The fourth-order valence-electron chi connectivity index (χ4n) is 2.12. The molecule has 24 heavy (non-hydrogen) atoms. The Kier molecular flexibility index (Phi) is 5.39. The van der Waals surface area contributed by atoms with Gasteiger partial charge >= 0.3 is 12.1 Å². The second-order valence-electron chi connectivity index (χ2n) is 5.27. The number of ether oxygens (including phenoxy) is 1. The normalized spacial score (nSPS) is 12.5. The molecule has 0 bridgehead atoms. The number of ketones is 1. The van der Waals surface area contributed by atoms with Gasteiger partial charge in [0.15, 0.2) is 12.4 Å². The summed E-state index contributed by atoms with van der Waals surface area (Å²) in [5.74, 6) is -2.12. The molecule has 0 radical (unpaired) electrons.